The molecule has 0 atom stereocenters. The van der Waals surface area contributed by atoms with E-state index in [9.17, 15) is 0 Å². The van der Waals surface area contributed by atoms with Crippen LogP contribution in [0, 0.1) is 0 Å². The van der Waals surface area contributed by atoms with E-state index in [-0.39, 0.29) is 0 Å². The van der Waals surface area contributed by atoms with Gasteiger partial charge in [-0.25, -0.2) is 4.98 Å². The van der Waals surface area contributed by atoms with Crippen molar-refractivity contribution >= 4 is 70.9 Å². The summed E-state index contributed by atoms with van der Waals surface area (Å²) in [5.41, 5.74) is 8.03. The van der Waals surface area contributed by atoms with Crippen molar-refractivity contribution in [3.63, 3.8) is 0 Å². The summed E-state index contributed by atoms with van der Waals surface area (Å²) >= 11 is 1.76. The largest absolute Gasteiger partial charge is 0.310 e. The summed E-state index contributed by atoms with van der Waals surface area (Å²) < 4.78 is 1.22. The summed E-state index contributed by atoms with van der Waals surface area (Å²) in [6.07, 6.45) is 0. The molecule has 0 saturated heterocycles. The van der Waals surface area contributed by atoms with E-state index < -0.39 is 0 Å². The van der Waals surface area contributed by atoms with Crippen LogP contribution in [0.4, 0.5) is 17.1 Å². The smallest absolute Gasteiger partial charge is 0.124 e. The molecule has 0 amide bonds. The topological polar surface area (TPSA) is 16.1 Å². The van der Waals surface area contributed by atoms with Gasteiger partial charge in [0.25, 0.3) is 0 Å². The van der Waals surface area contributed by atoms with Gasteiger partial charge in [-0.2, -0.15) is 0 Å². The Balaban J connectivity index is 1.11. The third-order valence-corrected chi connectivity index (χ3v) is 9.91. The molecule has 0 unspecified atom stereocenters. The molecule has 3 heteroatoms. The highest BCUT2D eigenvalue weighted by Gasteiger charge is 2.15. The van der Waals surface area contributed by atoms with E-state index in [1.165, 1.54) is 48.1 Å². The fourth-order valence-electron chi connectivity index (χ4n) is 6.57. The SMILES string of the molecule is c1ccc(-c2nc3c(ccc4ccc5cc(-c6ccc(N(c7ccccc7)c7ccc8ccccc8c7)cc6)ccc5c43)s2)cc1. The number of hydrogen-bond acceptors (Lipinski definition) is 3. The molecular weight excluding hydrogens is 577 g/mol. The van der Waals surface area contributed by atoms with Crippen molar-refractivity contribution in [1.29, 1.82) is 0 Å². The van der Waals surface area contributed by atoms with Gasteiger partial charge in [-0.05, 0) is 86.6 Å². The zero-order chi connectivity index (χ0) is 30.5. The zero-order valence-electron chi connectivity index (χ0n) is 25.0. The van der Waals surface area contributed by atoms with Crippen LogP contribution in [0.25, 0.3) is 64.2 Å². The average molecular weight is 605 g/mol. The van der Waals surface area contributed by atoms with Gasteiger partial charge < -0.3 is 4.90 Å². The highest BCUT2D eigenvalue weighted by atomic mass is 32.1. The van der Waals surface area contributed by atoms with Crippen LogP contribution in [0.5, 0.6) is 0 Å². The molecule has 216 valence electrons. The van der Waals surface area contributed by atoms with Crippen molar-refractivity contribution in [1.82, 2.24) is 4.98 Å². The van der Waals surface area contributed by atoms with Crippen LogP contribution >= 0.6 is 11.3 Å². The van der Waals surface area contributed by atoms with Gasteiger partial charge in [-0.3, -0.25) is 0 Å². The lowest BCUT2D eigenvalue weighted by Gasteiger charge is -2.26. The maximum atomic E-state index is 5.15. The van der Waals surface area contributed by atoms with Gasteiger partial charge >= 0.3 is 0 Å². The molecule has 0 saturated carbocycles. The van der Waals surface area contributed by atoms with E-state index in [4.69, 9.17) is 4.98 Å². The molecule has 0 aliphatic carbocycles. The van der Waals surface area contributed by atoms with Gasteiger partial charge in [0.05, 0.1) is 10.2 Å². The standard InChI is InChI=1S/C43H28N2S/c1-3-10-32(11-4-1)43-44-42-40(46-43)26-21-31-15-16-35-27-34(20-25-39(35)41(31)42)30-17-22-37(23-18-30)45(36-13-5-2-6-14-36)38-24-19-29-9-7-8-12-33(29)28-38/h1-28H. The summed E-state index contributed by atoms with van der Waals surface area (Å²) in [5, 5.41) is 8.43. The Morgan fingerprint density at radius 3 is 1.87 bits per heavy atom. The number of thiazole rings is 1. The van der Waals surface area contributed by atoms with Crippen molar-refractivity contribution in [2.24, 2.45) is 0 Å². The van der Waals surface area contributed by atoms with Crippen LogP contribution in [-0.2, 0) is 0 Å². The molecular formula is C43H28N2S. The molecule has 0 aliphatic rings. The molecule has 46 heavy (non-hydrogen) atoms. The first-order valence-electron chi connectivity index (χ1n) is 15.5. The fraction of sp³-hybridized carbons (Fsp3) is 0. The van der Waals surface area contributed by atoms with E-state index >= 15 is 0 Å². The number of hydrogen-bond donors (Lipinski definition) is 0. The monoisotopic (exact) mass is 604 g/mol. The third-order valence-electron chi connectivity index (χ3n) is 8.84. The number of rotatable bonds is 5. The van der Waals surface area contributed by atoms with Crippen LogP contribution in [-0.4, -0.2) is 4.98 Å². The molecule has 0 N–H and O–H groups in total. The average Bonchev–Trinajstić information content (AvgIpc) is 3.57. The lowest BCUT2D eigenvalue weighted by Crippen LogP contribution is -2.09. The lowest BCUT2D eigenvalue weighted by molar-refractivity contribution is 1.29. The normalized spacial score (nSPS) is 11.5. The minimum absolute atomic E-state index is 1.06. The maximum absolute atomic E-state index is 5.15. The first kappa shape index (κ1) is 26.6. The second-order valence-electron chi connectivity index (χ2n) is 11.6. The van der Waals surface area contributed by atoms with E-state index in [0.717, 1.165) is 33.1 Å². The van der Waals surface area contributed by atoms with Crippen LogP contribution in [0.1, 0.15) is 0 Å². The third kappa shape index (κ3) is 4.61. The quantitative estimate of drug-likeness (QED) is 0.182. The number of benzene rings is 8. The van der Waals surface area contributed by atoms with Crippen LogP contribution in [0.3, 0.4) is 0 Å². The molecule has 0 aliphatic heterocycles. The van der Waals surface area contributed by atoms with Crippen molar-refractivity contribution < 1.29 is 0 Å². The summed E-state index contributed by atoms with van der Waals surface area (Å²) in [6.45, 7) is 0. The van der Waals surface area contributed by atoms with Crippen molar-refractivity contribution in [3.8, 4) is 21.7 Å². The highest BCUT2D eigenvalue weighted by molar-refractivity contribution is 7.21. The van der Waals surface area contributed by atoms with Gasteiger partial charge in [0.1, 0.15) is 5.01 Å². The van der Waals surface area contributed by atoms with Gasteiger partial charge in [0, 0.05) is 28.0 Å². The molecule has 8 aromatic carbocycles. The minimum atomic E-state index is 1.06. The molecule has 2 nitrogen and oxygen atoms in total. The fourth-order valence-corrected chi connectivity index (χ4v) is 7.55. The van der Waals surface area contributed by atoms with Gasteiger partial charge in [-0.1, -0.05) is 121 Å². The summed E-state index contributed by atoms with van der Waals surface area (Å²) in [5.74, 6) is 0. The molecule has 9 aromatic rings. The lowest BCUT2D eigenvalue weighted by atomic mass is 9.96. The second kappa shape index (κ2) is 11.0. The summed E-state index contributed by atoms with van der Waals surface area (Å²) in [4.78, 5) is 7.47. The number of aromatic nitrogens is 1. The molecule has 1 heterocycles. The maximum Gasteiger partial charge on any atom is 0.124 e. The Labute approximate surface area is 271 Å². The first-order valence-corrected chi connectivity index (χ1v) is 16.4. The van der Waals surface area contributed by atoms with Crippen LogP contribution < -0.4 is 4.90 Å². The summed E-state index contributed by atoms with van der Waals surface area (Å²) in [6, 6.07) is 60.9. The van der Waals surface area contributed by atoms with Crippen molar-refractivity contribution in [3.05, 3.63) is 170 Å². The van der Waals surface area contributed by atoms with Crippen LogP contribution in [0.15, 0.2) is 170 Å². The molecule has 9 rings (SSSR count). The Bertz CT molecular complexity index is 2520. The molecule has 0 bridgehead atoms. The highest BCUT2D eigenvalue weighted by Crippen LogP contribution is 2.40. The Kier molecular flexibility index (Phi) is 6.36. The van der Waals surface area contributed by atoms with E-state index in [1.54, 1.807) is 11.3 Å². The Morgan fingerprint density at radius 1 is 0.413 bits per heavy atom. The first-order chi connectivity index (χ1) is 22.8. The zero-order valence-corrected chi connectivity index (χ0v) is 25.8. The van der Waals surface area contributed by atoms with E-state index in [2.05, 4.69) is 175 Å². The number of fused-ring (bicyclic) bond motifs is 6. The van der Waals surface area contributed by atoms with Crippen molar-refractivity contribution in [2.45, 2.75) is 0 Å². The number of nitrogens with zero attached hydrogens (tertiary/aromatic N) is 2. The number of para-hydroxylation sites is 1. The molecule has 1 aromatic heterocycles. The predicted molar refractivity (Wildman–Crippen MR) is 198 cm³/mol. The molecule has 0 radical (unpaired) electrons. The number of anilines is 3. The van der Waals surface area contributed by atoms with Gasteiger partial charge in [-0.15, -0.1) is 11.3 Å². The molecule has 0 fully saturated rings. The predicted octanol–water partition coefficient (Wildman–Crippen LogP) is 12.6. The van der Waals surface area contributed by atoms with Gasteiger partial charge in [0.2, 0.25) is 0 Å². The Morgan fingerprint density at radius 2 is 1.04 bits per heavy atom. The second-order valence-corrected chi connectivity index (χ2v) is 12.7. The van der Waals surface area contributed by atoms with Gasteiger partial charge in [0.15, 0.2) is 0 Å². The van der Waals surface area contributed by atoms with Crippen molar-refractivity contribution in [2.75, 3.05) is 4.90 Å². The minimum Gasteiger partial charge on any atom is -0.310 e. The van der Waals surface area contributed by atoms with E-state index in [0.29, 0.717) is 0 Å². The molecule has 0 spiro atoms. The van der Waals surface area contributed by atoms with E-state index in [1.807, 2.05) is 0 Å². The van der Waals surface area contributed by atoms with Crippen LogP contribution in [0.2, 0.25) is 0 Å². The Hall–Kier alpha value is -5.77. The summed E-state index contributed by atoms with van der Waals surface area (Å²) in [7, 11) is 0.